The molecule has 0 saturated carbocycles. The lowest BCUT2D eigenvalue weighted by Crippen LogP contribution is -2.31. The van der Waals surface area contributed by atoms with E-state index in [1.165, 1.54) is 17.0 Å². The van der Waals surface area contributed by atoms with Gasteiger partial charge in [0.15, 0.2) is 0 Å². The van der Waals surface area contributed by atoms with Gasteiger partial charge in [0.05, 0.1) is 12.7 Å². The largest absolute Gasteiger partial charge is 0.376 e. The van der Waals surface area contributed by atoms with Crippen LogP contribution in [0.25, 0.3) is 0 Å². The highest BCUT2D eigenvalue weighted by Gasteiger charge is 2.17. The summed E-state index contributed by atoms with van der Waals surface area (Å²) in [5.74, 6) is -0.536. The van der Waals surface area contributed by atoms with E-state index in [9.17, 15) is 9.18 Å². The van der Waals surface area contributed by atoms with Crippen LogP contribution in [0.15, 0.2) is 18.2 Å². The van der Waals surface area contributed by atoms with Crippen molar-refractivity contribution in [2.24, 2.45) is 0 Å². The molecule has 0 bridgehead atoms. The Morgan fingerprint density at radius 3 is 3.05 bits per heavy atom. The molecule has 1 fully saturated rings. The Labute approximate surface area is 128 Å². The van der Waals surface area contributed by atoms with Gasteiger partial charge < -0.3 is 14.4 Å². The van der Waals surface area contributed by atoms with E-state index in [2.05, 4.69) is 0 Å². The SMILES string of the molecule is CN(Cc1ccc(F)cc1Cl)C(=O)COC[C@H]1CCCO1. The van der Waals surface area contributed by atoms with E-state index in [-0.39, 0.29) is 18.6 Å². The van der Waals surface area contributed by atoms with Crippen LogP contribution in [0.5, 0.6) is 0 Å². The third-order valence-electron chi connectivity index (χ3n) is 3.40. The summed E-state index contributed by atoms with van der Waals surface area (Å²) in [6.45, 7) is 1.54. The van der Waals surface area contributed by atoms with Crippen LogP contribution in [0, 0.1) is 5.82 Å². The molecule has 0 radical (unpaired) electrons. The quantitative estimate of drug-likeness (QED) is 0.810. The predicted molar refractivity (Wildman–Crippen MR) is 77.7 cm³/mol. The zero-order valence-corrected chi connectivity index (χ0v) is 12.7. The van der Waals surface area contributed by atoms with Gasteiger partial charge >= 0.3 is 0 Å². The second-order valence-electron chi connectivity index (χ2n) is 5.14. The Morgan fingerprint density at radius 1 is 1.57 bits per heavy atom. The highest BCUT2D eigenvalue weighted by molar-refractivity contribution is 6.31. The van der Waals surface area contributed by atoms with Gasteiger partial charge in [-0.1, -0.05) is 17.7 Å². The number of likely N-dealkylation sites (N-methyl/N-ethyl adjacent to an activating group) is 1. The fourth-order valence-corrected chi connectivity index (χ4v) is 2.38. The Balaban J connectivity index is 1.76. The Bertz CT molecular complexity index is 492. The van der Waals surface area contributed by atoms with Gasteiger partial charge in [0.25, 0.3) is 0 Å². The highest BCUT2D eigenvalue weighted by atomic mass is 35.5. The second-order valence-corrected chi connectivity index (χ2v) is 5.54. The van der Waals surface area contributed by atoms with E-state index in [0.717, 1.165) is 19.4 Å². The molecule has 1 amide bonds. The normalized spacial score (nSPS) is 18.0. The Morgan fingerprint density at radius 2 is 2.38 bits per heavy atom. The molecule has 0 aliphatic carbocycles. The van der Waals surface area contributed by atoms with Crippen LogP contribution in [-0.2, 0) is 20.8 Å². The lowest BCUT2D eigenvalue weighted by Gasteiger charge is -2.18. The molecule has 2 rings (SSSR count). The van der Waals surface area contributed by atoms with Crippen LogP contribution in [-0.4, -0.2) is 43.8 Å². The number of ether oxygens (including phenoxy) is 2. The summed E-state index contributed by atoms with van der Waals surface area (Å²) in [5.41, 5.74) is 0.702. The monoisotopic (exact) mass is 315 g/mol. The van der Waals surface area contributed by atoms with Gasteiger partial charge in [-0.2, -0.15) is 0 Å². The molecule has 1 aromatic carbocycles. The maximum Gasteiger partial charge on any atom is 0.248 e. The van der Waals surface area contributed by atoms with Gasteiger partial charge in [-0.15, -0.1) is 0 Å². The number of carbonyl (C=O) groups is 1. The van der Waals surface area contributed by atoms with E-state index in [1.807, 2.05) is 0 Å². The molecule has 1 aliphatic rings. The third kappa shape index (κ3) is 4.95. The first-order valence-electron chi connectivity index (χ1n) is 6.93. The number of hydrogen-bond acceptors (Lipinski definition) is 3. The minimum Gasteiger partial charge on any atom is -0.376 e. The molecule has 1 atom stereocenters. The minimum absolute atomic E-state index is 0.00910. The number of carbonyl (C=O) groups excluding carboxylic acids is 1. The molecule has 1 saturated heterocycles. The van der Waals surface area contributed by atoms with Crippen molar-refractivity contribution in [1.82, 2.24) is 4.90 Å². The smallest absolute Gasteiger partial charge is 0.248 e. The first-order valence-corrected chi connectivity index (χ1v) is 7.31. The van der Waals surface area contributed by atoms with Crippen molar-refractivity contribution in [3.05, 3.63) is 34.6 Å². The van der Waals surface area contributed by atoms with Gasteiger partial charge in [-0.25, -0.2) is 4.39 Å². The van der Waals surface area contributed by atoms with Crippen molar-refractivity contribution < 1.29 is 18.7 Å². The summed E-state index contributed by atoms with van der Waals surface area (Å²) in [6.07, 6.45) is 2.13. The second kappa shape index (κ2) is 7.73. The zero-order valence-electron chi connectivity index (χ0n) is 12.0. The summed E-state index contributed by atoms with van der Waals surface area (Å²) in [5, 5.41) is 0.315. The zero-order chi connectivity index (χ0) is 15.2. The Kier molecular flexibility index (Phi) is 5.96. The highest BCUT2D eigenvalue weighted by Crippen LogP contribution is 2.18. The topological polar surface area (TPSA) is 38.8 Å². The molecule has 0 spiro atoms. The van der Waals surface area contributed by atoms with E-state index in [4.69, 9.17) is 21.1 Å². The minimum atomic E-state index is -0.391. The summed E-state index contributed by atoms with van der Waals surface area (Å²) >= 11 is 5.94. The van der Waals surface area contributed by atoms with Crippen LogP contribution < -0.4 is 0 Å². The number of hydrogen-bond donors (Lipinski definition) is 0. The standard InChI is InChI=1S/C15H19ClFNO3/c1-18(8-11-4-5-12(17)7-14(11)16)15(19)10-20-9-13-3-2-6-21-13/h4-5,7,13H,2-3,6,8-10H2,1H3/t13-/m1/s1. The molecule has 1 aromatic rings. The van der Waals surface area contributed by atoms with Crippen molar-refractivity contribution >= 4 is 17.5 Å². The van der Waals surface area contributed by atoms with Crippen molar-refractivity contribution in [2.45, 2.75) is 25.5 Å². The van der Waals surface area contributed by atoms with E-state index in [1.54, 1.807) is 13.1 Å². The van der Waals surface area contributed by atoms with Crippen LogP contribution in [0.2, 0.25) is 5.02 Å². The van der Waals surface area contributed by atoms with E-state index < -0.39 is 5.82 Å². The average Bonchev–Trinajstić information content (AvgIpc) is 2.95. The molecular weight excluding hydrogens is 297 g/mol. The number of amides is 1. The number of rotatable bonds is 6. The van der Waals surface area contributed by atoms with Gasteiger partial charge in [0, 0.05) is 25.2 Å². The number of benzene rings is 1. The molecule has 4 nitrogen and oxygen atoms in total. The molecule has 0 aromatic heterocycles. The average molecular weight is 316 g/mol. The lowest BCUT2D eigenvalue weighted by atomic mass is 10.2. The van der Waals surface area contributed by atoms with Gasteiger partial charge in [0.1, 0.15) is 12.4 Å². The molecule has 1 aliphatic heterocycles. The van der Waals surface area contributed by atoms with Gasteiger partial charge in [0.2, 0.25) is 5.91 Å². The Hall–Kier alpha value is -1.17. The fraction of sp³-hybridized carbons (Fsp3) is 0.533. The van der Waals surface area contributed by atoms with E-state index in [0.29, 0.717) is 23.7 Å². The van der Waals surface area contributed by atoms with Crippen molar-refractivity contribution in [1.29, 1.82) is 0 Å². The van der Waals surface area contributed by atoms with Crippen LogP contribution in [0.1, 0.15) is 18.4 Å². The van der Waals surface area contributed by atoms with Crippen molar-refractivity contribution in [2.75, 3.05) is 26.9 Å². The van der Waals surface area contributed by atoms with E-state index >= 15 is 0 Å². The van der Waals surface area contributed by atoms with Gasteiger partial charge in [-0.05, 0) is 30.5 Å². The van der Waals surface area contributed by atoms with Crippen LogP contribution in [0.3, 0.4) is 0 Å². The molecule has 6 heteroatoms. The van der Waals surface area contributed by atoms with Crippen molar-refractivity contribution in [3.63, 3.8) is 0 Å². The molecule has 0 N–H and O–H groups in total. The molecule has 0 unspecified atom stereocenters. The van der Waals surface area contributed by atoms with Crippen molar-refractivity contribution in [3.8, 4) is 0 Å². The molecule has 21 heavy (non-hydrogen) atoms. The molecule has 1 heterocycles. The first kappa shape index (κ1) is 16.2. The number of halogens is 2. The summed E-state index contributed by atoms with van der Waals surface area (Å²) < 4.78 is 23.8. The number of nitrogens with zero attached hydrogens (tertiary/aromatic N) is 1. The van der Waals surface area contributed by atoms with Crippen LogP contribution >= 0.6 is 11.6 Å². The predicted octanol–water partition coefficient (Wildman–Crippen LogP) is 2.63. The third-order valence-corrected chi connectivity index (χ3v) is 3.75. The van der Waals surface area contributed by atoms with Crippen LogP contribution in [0.4, 0.5) is 4.39 Å². The fourth-order valence-electron chi connectivity index (χ4n) is 2.16. The summed E-state index contributed by atoms with van der Waals surface area (Å²) in [6, 6.07) is 4.14. The molecular formula is C15H19ClFNO3. The summed E-state index contributed by atoms with van der Waals surface area (Å²) in [4.78, 5) is 13.5. The summed E-state index contributed by atoms with van der Waals surface area (Å²) in [7, 11) is 1.66. The maximum atomic E-state index is 13.0. The lowest BCUT2D eigenvalue weighted by molar-refractivity contribution is -0.136. The first-order chi connectivity index (χ1) is 10.1. The molecule has 116 valence electrons. The van der Waals surface area contributed by atoms with Gasteiger partial charge in [-0.3, -0.25) is 4.79 Å². The maximum absolute atomic E-state index is 13.0.